The molecule has 0 spiro atoms. The molecule has 0 aromatic rings. The largest absolute Gasteiger partial charge is 0.313 e. The Bertz CT molecular complexity index is 2350. The van der Waals surface area contributed by atoms with Gasteiger partial charge in [-0.05, 0) is 456 Å². The summed E-state index contributed by atoms with van der Waals surface area (Å²) < 4.78 is 2.27. The average molecular weight is 1680 g/mol. The van der Waals surface area contributed by atoms with E-state index in [1.54, 1.807) is 22.3 Å². The quantitative estimate of drug-likeness (QED) is 0.185. The average Bonchev–Trinajstić information content (AvgIpc) is 1.90. The Morgan fingerprint density at radius 3 is 0.958 bits per heavy atom. The maximum Gasteiger partial charge on any atom is 0.154 e. The molecule has 119 heavy (non-hydrogen) atoms. The number of rotatable bonds is 0. The van der Waals surface area contributed by atoms with Crippen LogP contribution >= 0.6 is 0 Å². The second kappa shape index (κ2) is 75.8. The van der Waals surface area contributed by atoms with E-state index < -0.39 is 0 Å². The van der Waals surface area contributed by atoms with Crippen LogP contribution in [0.4, 0.5) is 0 Å². The van der Waals surface area contributed by atoms with Crippen molar-refractivity contribution in [3.63, 3.8) is 0 Å². The van der Waals surface area contributed by atoms with Gasteiger partial charge in [0.1, 0.15) is 13.3 Å². The van der Waals surface area contributed by atoms with E-state index in [1.165, 1.54) is 388 Å². The molecule has 1 N–H and O–H groups in total. The van der Waals surface area contributed by atoms with Crippen LogP contribution in [0.2, 0.25) is 0 Å². The number of piperazine rings is 1. The normalized spacial score (nSPS) is 26.3. The minimum Gasteiger partial charge on any atom is -0.313 e. The van der Waals surface area contributed by atoms with Gasteiger partial charge in [0.15, 0.2) is 6.54 Å². The fourth-order valence-electron chi connectivity index (χ4n) is 15.9. The van der Waals surface area contributed by atoms with Crippen LogP contribution in [0.1, 0.15) is 229 Å². The fraction of sp³-hybridized carbons (Fsp3) is 0.891. The Labute approximate surface area is 744 Å². The Balaban J connectivity index is 0.000000645. The highest BCUT2D eigenvalue weighted by atomic mass is 15.2. The summed E-state index contributed by atoms with van der Waals surface area (Å²) in [5.41, 5.74) is 7.78. The lowest BCUT2D eigenvalue weighted by atomic mass is 9.98. The van der Waals surface area contributed by atoms with E-state index in [9.17, 15) is 0 Å². The molecule has 1 atom stereocenters. The second-order valence-corrected chi connectivity index (χ2v) is 39.6. The maximum absolute atomic E-state index is 3.24. The molecule has 18 heteroatoms. The van der Waals surface area contributed by atoms with E-state index in [1.807, 2.05) is 0 Å². The molecule has 13 rings (SSSR count). The second-order valence-electron chi connectivity index (χ2n) is 39.6. The molecule has 1 unspecified atom stereocenters. The standard InChI is InChI=1S/C9H19N.3C9H17N.2C8H18N2.C8H17N.C8H15N.C7H16N2.C7H15N2.C7H15N.C6H14N2.C6H11N/c2*1-9-5-3-7-10(2)8-4-6-9;2*1-9-5-3-4-7-10(2)8-6-9;1-9-5-3-7-10(2)8-4-6-9;1-9-5-3-4-6-10(2)8-7-9;2*1-8-4-3-6-9(2)7-5-8;2*1-8-4-3-5-9(2)7-6-8;2*1-7-3-5-8(2)6-4-7;1-6-2-4-7-5-3-6/h9H,3-8H2,1-2H3;5H,3-4,6-8H2,1-2H3;6H,3-5,7-8H2,1-2H3;5H,3-4,6-8H2,1-2H3;2*3-8H2,1-2H3;8H,3-7H2,1-2H3;5H,3-4,6-7H2,1-2H3;3-7H2,1-2H3;4H,3,5-7H2,1-2H3;7H,3-6H2,1-2H3;3-6H2,1-2H3;2,7H,3-5H2,1H3/q;;;;;;;;;+1;;;/b;9-5-;9-6-;9-5-;;;;;;;;;. The third-order valence-corrected chi connectivity index (χ3v) is 26.0. The topological polar surface area (TPSA) is 66.9 Å². The van der Waals surface area contributed by atoms with Gasteiger partial charge in [-0.2, -0.15) is 0 Å². The van der Waals surface area contributed by atoms with E-state index in [0.717, 1.165) is 37.4 Å². The number of hydrogen-bond donors (Lipinski definition) is 1. The SMILES string of the molecule is C/C1=C/CCCN(C)CC1.C/C1=C/CCN(C)CCC1.C/C1=C/CN(C)CCCC1.CC1=CCN(C)CCC1.CC1=CCNCC1.CC1CCCN(C)CC1.CC1CCCN(C)CCC1.CC1CCN(C)CC1.CN1CCC=[N+](C)CC1.CN1CCCCN(C)CC1.CN1CCCN(C)CC1.CN1CCCN(C)CCC1.CN1CCN(C)CC1. The van der Waals surface area contributed by atoms with Gasteiger partial charge in [0.25, 0.3) is 0 Å². The maximum atomic E-state index is 3.24. The number of hydrogen-bond acceptors (Lipinski definition) is 17. The molecule has 0 amide bonds. The van der Waals surface area contributed by atoms with E-state index in [4.69, 9.17) is 0 Å². The molecule has 13 aliphatic heterocycles. The minimum absolute atomic E-state index is 0.968. The molecule has 0 radical (unpaired) electrons. The van der Waals surface area contributed by atoms with Crippen LogP contribution in [-0.4, -0.2) is 438 Å². The molecule has 18 nitrogen and oxygen atoms in total. The summed E-state index contributed by atoms with van der Waals surface area (Å²) in [6, 6.07) is 0. The van der Waals surface area contributed by atoms with Crippen molar-refractivity contribution in [2.45, 2.75) is 229 Å². The van der Waals surface area contributed by atoms with Crippen molar-refractivity contribution in [3.05, 3.63) is 58.2 Å². The van der Waals surface area contributed by atoms with E-state index in [0.29, 0.717) is 0 Å². The summed E-state index contributed by atoms with van der Waals surface area (Å²) in [6.07, 6.45) is 50.2. The lowest BCUT2D eigenvalue weighted by molar-refractivity contribution is -0.491. The van der Waals surface area contributed by atoms with Gasteiger partial charge in [-0.1, -0.05) is 79.0 Å². The molecule has 0 aromatic carbocycles. The lowest BCUT2D eigenvalue weighted by Gasteiger charge is -2.28. The molecular formula is C101H209N18+. The Morgan fingerprint density at radius 2 is 0.521 bits per heavy atom. The van der Waals surface area contributed by atoms with Crippen molar-refractivity contribution in [1.29, 1.82) is 0 Å². The molecule has 702 valence electrons. The Hall–Kier alpha value is -2.31. The van der Waals surface area contributed by atoms with Gasteiger partial charge in [0.05, 0.1) is 6.54 Å². The summed E-state index contributed by atoms with van der Waals surface area (Å²) in [6.45, 7) is 61.7. The smallest absolute Gasteiger partial charge is 0.154 e. The number of likely N-dealkylation sites (N-methyl/N-ethyl adjacent to an activating group) is 10. The molecule has 13 aliphatic rings. The highest BCUT2D eigenvalue weighted by Gasteiger charge is 2.16. The van der Waals surface area contributed by atoms with Gasteiger partial charge in [0.2, 0.25) is 0 Å². The number of nitrogens with zero attached hydrogens (tertiary/aromatic N) is 17. The molecule has 0 saturated carbocycles. The summed E-state index contributed by atoms with van der Waals surface area (Å²) in [4.78, 5) is 38.4. The summed E-state index contributed by atoms with van der Waals surface area (Å²) in [5, 5.41) is 3.24. The van der Waals surface area contributed by atoms with Crippen molar-refractivity contribution in [1.82, 2.24) is 83.7 Å². The first-order valence-corrected chi connectivity index (χ1v) is 49.3. The van der Waals surface area contributed by atoms with E-state index in [-0.39, 0.29) is 0 Å². The zero-order valence-corrected chi connectivity index (χ0v) is 84.6. The van der Waals surface area contributed by atoms with Gasteiger partial charge in [-0.15, -0.1) is 0 Å². The third kappa shape index (κ3) is 74.5. The Kier molecular flexibility index (Phi) is 73.1. The van der Waals surface area contributed by atoms with Gasteiger partial charge in [-0.25, -0.2) is 4.58 Å². The van der Waals surface area contributed by atoms with Crippen LogP contribution in [0.25, 0.3) is 0 Å². The highest BCUT2D eigenvalue weighted by molar-refractivity contribution is 5.51. The van der Waals surface area contributed by atoms with Crippen molar-refractivity contribution >= 4 is 6.21 Å². The number of allylic oxidation sites excluding steroid dienone is 4. The molecule has 13 heterocycles. The zero-order chi connectivity index (χ0) is 88.2. The molecule has 0 bridgehead atoms. The Morgan fingerprint density at radius 1 is 0.235 bits per heavy atom. The highest BCUT2D eigenvalue weighted by Crippen LogP contribution is 2.19. The van der Waals surface area contributed by atoms with Crippen molar-refractivity contribution in [3.8, 4) is 0 Å². The van der Waals surface area contributed by atoms with Gasteiger partial charge in [-0.3, -0.25) is 4.90 Å². The fourth-order valence-corrected chi connectivity index (χ4v) is 15.9. The van der Waals surface area contributed by atoms with E-state index >= 15 is 0 Å². The first kappa shape index (κ1) is 115. The van der Waals surface area contributed by atoms with Crippen LogP contribution < -0.4 is 5.32 Å². The third-order valence-electron chi connectivity index (χ3n) is 26.0. The van der Waals surface area contributed by atoms with Gasteiger partial charge < -0.3 is 78.8 Å². The van der Waals surface area contributed by atoms with Gasteiger partial charge in [0, 0.05) is 98.0 Å². The summed E-state index contributed by atoms with van der Waals surface area (Å²) in [5.74, 6) is 2.93. The van der Waals surface area contributed by atoms with Crippen molar-refractivity contribution < 1.29 is 4.58 Å². The summed E-state index contributed by atoms with van der Waals surface area (Å²) in [7, 11) is 37.3. The van der Waals surface area contributed by atoms with E-state index in [2.05, 4.69) is 300 Å². The zero-order valence-electron chi connectivity index (χ0n) is 84.6. The number of likely N-dealkylation sites (tertiary alicyclic amines) is 3. The predicted molar refractivity (Wildman–Crippen MR) is 531 cm³/mol. The molecule has 0 aromatic heterocycles. The van der Waals surface area contributed by atoms with Crippen LogP contribution in [0.5, 0.6) is 0 Å². The number of piperidine rings is 1. The molecule has 7 fully saturated rings. The minimum atomic E-state index is 0.968. The molecule has 0 aliphatic carbocycles. The van der Waals surface area contributed by atoms with Gasteiger partial charge >= 0.3 is 0 Å². The van der Waals surface area contributed by atoms with Crippen LogP contribution in [0.15, 0.2) is 58.2 Å². The van der Waals surface area contributed by atoms with Crippen LogP contribution in [-0.2, 0) is 0 Å². The molecular weight excluding hydrogens is 1470 g/mol. The predicted octanol–water partition coefficient (Wildman–Crippen LogP) is 15.4. The first-order valence-electron chi connectivity index (χ1n) is 49.3. The first-order chi connectivity index (χ1) is 56.8. The van der Waals surface area contributed by atoms with Crippen molar-refractivity contribution in [2.75, 3.05) is 349 Å². The monoisotopic (exact) mass is 1670 g/mol. The van der Waals surface area contributed by atoms with Crippen LogP contribution in [0, 0.1) is 17.8 Å². The van der Waals surface area contributed by atoms with Crippen molar-refractivity contribution in [2.24, 2.45) is 17.8 Å². The summed E-state index contributed by atoms with van der Waals surface area (Å²) >= 11 is 0. The molecule has 7 saturated heterocycles. The number of nitrogens with one attached hydrogen (secondary N) is 1. The van der Waals surface area contributed by atoms with Crippen LogP contribution in [0.3, 0.4) is 0 Å². The lowest BCUT2D eigenvalue weighted by Crippen LogP contribution is -2.42.